The molecule has 1 aromatic heterocycles. The van der Waals surface area contributed by atoms with Crippen LogP contribution in [0.4, 0.5) is 0 Å². The first-order chi connectivity index (χ1) is 5.25. The largest absolute Gasteiger partial charge is 0.205 e. The summed E-state index contributed by atoms with van der Waals surface area (Å²) in [5.41, 5.74) is 2.66. The van der Waals surface area contributed by atoms with Crippen LogP contribution in [0.3, 0.4) is 0 Å². The van der Waals surface area contributed by atoms with Gasteiger partial charge in [-0.15, -0.1) is 6.58 Å². The van der Waals surface area contributed by atoms with Crippen molar-refractivity contribution in [1.29, 1.82) is 0 Å². The average Bonchev–Trinajstić information content (AvgIpc) is 1.99. The zero-order valence-corrected chi connectivity index (χ0v) is 7.17. The molecule has 0 aliphatic rings. The molecule has 58 valence electrons. The number of rotatable bonds is 2. The summed E-state index contributed by atoms with van der Waals surface area (Å²) in [4.78, 5) is 0. The number of hydrogen-bond donors (Lipinski definition) is 0. The van der Waals surface area contributed by atoms with Gasteiger partial charge < -0.3 is 0 Å². The van der Waals surface area contributed by atoms with Crippen molar-refractivity contribution < 1.29 is 4.57 Å². The third-order valence-corrected chi connectivity index (χ3v) is 1.97. The summed E-state index contributed by atoms with van der Waals surface area (Å²) in [5.74, 6) is 0. The predicted octanol–water partition coefficient (Wildman–Crippen LogP) is 1.55. The third kappa shape index (κ3) is 1.67. The quantitative estimate of drug-likeness (QED) is 0.442. The van der Waals surface area contributed by atoms with Crippen molar-refractivity contribution in [2.24, 2.45) is 7.05 Å². The number of pyridine rings is 1. The Morgan fingerprint density at radius 2 is 2.36 bits per heavy atom. The molecule has 0 amide bonds. The van der Waals surface area contributed by atoms with E-state index in [1.165, 1.54) is 11.3 Å². The molecule has 0 saturated carbocycles. The molecule has 0 saturated heterocycles. The minimum atomic E-state index is 0.959. The molecule has 0 fully saturated rings. The normalized spacial score (nSPS) is 9.64. The summed E-state index contributed by atoms with van der Waals surface area (Å²) in [6.07, 6.45) is 4.95. The van der Waals surface area contributed by atoms with Gasteiger partial charge in [-0.05, 0) is 12.5 Å². The highest BCUT2D eigenvalue weighted by atomic mass is 14.9. The minimum Gasteiger partial charge on any atom is -0.205 e. The van der Waals surface area contributed by atoms with Gasteiger partial charge in [-0.1, -0.05) is 6.08 Å². The lowest BCUT2D eigenvalue weighted by Gasteiger charge is -1.98. The summed E-state index contributed by atoms with van der Waals surface area (Å²) >= 11 is 0. The first-order valence-electron chi connectivity index (χ1n) is 3.80. The van der Waals surface area contributed by atoms with Crippen LogP contribution >= 0.6 is 0 Å². The van der Waals surface area contributed by atoms with Crippen LogP contribution in [0, 0.1) is 6.92 Å². The molecule has 0 atom stereocenters. The summed E-state index contributed by atoms with van der Waals surface area (Å²) in [6, 6.07) is 4.20. The molecular weight excluding hydrogens is 134 g/mol. The minimum absolute atomic E-state index is 0.959. The second kappa shape index (κ2) is 3.33. The maximum Gasteiger partial charge on any atom is 0.181 e. The van der Waals surface area contributed by atoms with E-state index in [2.05, 4.69) is 43.4 Å². The number of allylic oxidation sites excluding steroid dienone is 1. The van der Waals surface area contributed by atoms with Gasteiger partial charge in [0.15, 0.2) is 11.9 Å². The van der Waals surface area contributed by atoms with Gasteiger partial charge in [0.2, 0.25) is 0 Å². The Hall–Kier alpha value is -1.11. The molecule has 0 unspecified atom stereocenters. The molecule has 11 heavy (non-hydrogen) atoms. The summed E-state index contributed by atoms with van der Waals surface area (Å²) in [5, 5.41) is 0. The SMILES string of the molecule is C=CCc1ccc[n+](C)c1C. The third-order valence-electron chi connectivity index (χ3n) is 1.97. The lowest BCUT2D eigenvalue weighted by atomic mass is 10.1. The van der Waals surface area contributed by atoms with E-state index in [1.54, 1.807) is 0 Å². The molecule has 0 radical (unpaired) electrons. The van der Waals surface area contributed by atoms with Crippen LogP contribution in [0.5, 0.6) is 0 Å². The van der Waals surface area contributed by atoms with Crippen molar-refractivity contribution in [3.05, 3.63) is 42.2 Å². The standard InChI is InChI=1S/C10H14N/c1-4-6-10-7-5-8-11(3)9(10)2/h4-5,7-8H,1,6H2,2-3H3/q+1. The zero-order valence-electron chi connectivity index (χ0n) is 7.17. The Morgan fingerprint density at radius 1 is 1.64 bits per heavy atom. The van der Waals surface area contributed by atoms with Crippen molar-refractivity contribution in [1.82, 2.24) is 0 Å². The molecule has 1 heterocycles. The molecule has 1 rings (SSSR count). The Morgan fingerprint density at radius 3 is 3.00 bits per heavy atom. The van der Waals surface area contributed by atoms with Gasteiger partial charge >= 0.3 is 0 Å². The van der Waals surface area contributed by atoms with Gasteiger partial charge in [0.25, 0.3) is 0 Å². The van der Waals surface area contributed by atoms with E-state index in [0.29, 0.717) is 0 Å². The number of aryl methyl sites for hydroxylation is 1. The number of nitrogens with zero attached hydrogens (tertiary/aromatic N) is 1. The lowest BCUT2D eigenvalue weighted by Crippen LogP contribution is -2.32. The molecule has 0 aromatic carbocycles. The van der Waals surface area contributed by atoms with E-state index in [9.17, 15) is 0 Å². The predicted molar refractivity (Wildman–Crippen MR) is 46.3 cm³/mol. The fourth-order valence-electron chi connectivity index (χ4n) is 1.12. The first-order valence-corrected chi connectivity index (χ1v) is 3.80. The van der Waals surface area contributed by atoms with Crippen LogP contribution in [-0.2, 0) is 13.5 Å². The zero-order chi connectivity index (χ0) is 8.27. The van der Waals surface area contributed by atoms with Crippen LogP contribution in [0.2, 0.25) is 0 Å². The monoisotopic (exact) mass is 148 g/mol. The Kier molecular flexibility index (Phi) is 2.42. The summed E-state index contributed by atoms with van der Waals surface area (Å²) < 4.78 is 2.12. The topological polar surface area (TPSA) is 3.88 Å². The van der Waals surface area contributed by atoms with Crippen molar-refractivity contribution in [3.63, 3.8) is 0 Å². The highest BCUT2D eigenvalue weighted by Gasteiger charge is 2.03. The smallest absolute Gasteiger partial charge is 0.181 e. The van der Waals surface area contributed by atoms with Gasteiger partial charge in [-0.3, -0.25) is 0 Å². The Balaban J connectivity index is 3.05. The Labute approximate surface area is 68.0 Å². The average molecular weight is 148 g/mol. The van der Waals surface area contributed by atoms with Crippen molar-refractivity contribution in [2.45, 2.75) is 13.3 Å². The van der Waals surface area contributed by atoms with E-state index >= 15 is 0 Å². The van der Waals surface area contributed by atoms with Crippen LogP contribution in [0.15, 0.2) is 31.0 Å². The number of hydrogen-bond acceptors (Lipinski definition) is 0. The van der Waals surface area contributed by atoms with Crippen LogP contribution < -0.4 is 4.57 Å². The molecule has 0 spiro atoms. The molecule has 0 aliphatic carbocycles. The van der Waals surface area contributed by atoms with Crippen molar-refractivity contribution >= 4 is 0 Å². The van der Waals surface area contributed by atoms with Gasteiger partial charge in [-0.2, -0.15) is 0 Å². The molecule has 1 aromatic rings. The second-order valence-electron chi connectivity index (χ2n) is 2.72. The van der Waals surface area contributed by atoms with E-state index in [4.69, 9.17) is 0 Å². The van der Waals surface area contributed by atoms with Gasteiger partial charge in [0.05, 0.1) is 0 Å². The maximum atomic E-state index is 3.72. The van der Waals surface area contributed by atoms with Gasteiger partial charge in [0, 0.05) is 18.6 Å². The van der Waals surface area contributed by atoms with Crippen LogP contribution in [0.1, 0.15) is 11.3 Å². The molecule has 1 nitrogen and oxygen atoms in total. The Bertz CT molecular complexity index is 264. The van der Waals surface area contributed by atoms with Crippen LogP contribution in [0.25, 0.3) is 0 Å². The molecular formula is C10H14N+. The van der Waals surface area contributed by atoms with Gasteiger partial charge in [0.1, 0.15) is 7.05 Å². The van der Waals surface area contributed by atoms with Crippen LogP contribution in [-0.4, -0.2) is 0 Å². The first kappa shape index (κ1) is 7.99. The van der Waals surface area contributed by atoms with Crippen molar-refractivity contribution in [3.8, 4) is 0 Å². The van der Waals surface area contributed by atoms with Crippen molar-refractivity contribution in [2.75, 3.05) is 0 Å². The molecule has 0 N–H and O–H groups in total. The lowest BCUT2D eigenvalue weighted by molar-refractivity contribution is -0.678. The number of aromatic nitrogens is 1. The van der Waals surface area contributed by atoms with E-state index in [1.807, 2.05) is 6.08 Å². The molecule has 1 heteroatoms. The highest BCUT2D eigenvalue weighted by molar-refractivity contribution is 5.16. The maximum absolute atomic E-state index is 3.72. The highest BCUT2D eigenvalue weighted by Crippen LogP contribution is 2.02. The van der Waals surface area contributed by atoms with E-state index < -0.39 is 0 Å². The summed E-state index contributed by atoms with van der Waals surface area (Å²) in [7, 11) is 2.06. The van der Waals surface area contributed by atoms with E-state index in [0.717, 1.165) is 6.42 Å². The molecule has 0 aliphatic heterocycles. The van der Waals surface area contributed by atoms with E-state index in [-0.39, 0.29) is 0 Å². The van der Waals surface area contributed by atoms with Gasteiger partial charge in [-0.25, -0.2) is 4.57 Å². The fourth-order valence-corrected chi connectivity index (χ4v) is 1.12. The molecule has 0 bridgehead atoms. The second-order valence-corrected chi connectivity index (χ2v) is 2.72. The fraction of sp³-hybridized carbons (Fsp3) is 0.300. The summed E-state index contributed by atoms with van der Waals surface area (Å²) in [6.45, 7) is 5.84.